The first-order valence-electron chi connectivity index (χ1n) is 19.5. The highest BCUT2D eigenvalue weighted by Crippen LogP contribution is 2.65. The van der Waals surface area contributed by atoms with E-state index in [4.69, 9.17) is 16.3 Å². The van der Waals surface area contributed by atoms with Crippen molar-refractivity contribution >= 4 is 63.7 Å². The lowest BCUT2D eigenvalue weighted by atomic mass is 9.49. The summed E-state index contributed by atoms with van der Waals surface area (Å²) >= 11 is 6.43. The van der Waals surface area contributed by atoms with Crippen LogP contribution in [0.4, 0.5) is 28.4 Å². The number of rotatable bonds is 8. The Bertz CT molecular complexity index is 2580. The largest absolute Gasteiger partial charge is 0.508 e. The average Bonchev–Trinajstić information content (AvgIpc) is 3.64. The zero-order valence-corrected chi connectivity index (χ0v) is 33.3. The molecule has 5 aromatic carbocycles. The molecular formula is C47H40ClN5O6. The SMILES string of the molecule is COc1ccc(C2C3=CCC4C(=O)N(c5ccc(N=Nc6ccc(N(C)C)cc6)cc5)C(=O)C4C3CC3C(=O)N(c4cccc(Cl)c4)C(=O)C32c2ccccc2)c(O)c1. The zero-order valence-electron chi connectivity index (χ0n) is 32.5. The third kappa shape index (κ3) is 6.02. The summed E-state index contributed by atoms with van der Waals surface area (Å²) in [5.41, 5.74) is 3.23. The third-order valence-corrected chi connectivity index (χ3v) is 12.7. The molecule has 1 saturated carbocycles. The maximum absolute atomic E-state index is 15.4. The molecule has 11 nitrogen and oxygen atoms in total. The molecule has 2 saturated heterocycles. The first-order valence-corrected chi connectivity index (χ1v) is 19.8. The molecule has 4 aliphatic rings. The predicted molar refractivity (Wildman–Crippen MR) is 225 cm³/mol. The van der Waals surface area contributed by atoms with Crippen molar-refractivity contribution in [2.45, 2.75) is 24.2 Å². The Kier molecular flexibility index (Phi) is 9.43. The van der Waals surface area contributed by atoms with Gasteiger partial charge in [-0.15, -0.1) is 0 Å². The number of azo groups is 1. The molecule has 2 heterocycles. The molecular weight excluding hydrogens is 766 g/mol. The van der Waals surface area contributed by atoms with Gasteiger partial charge in [-0.1, -0.05) is 65.7 Å². The molecule has 4 amide bonds. The predicted octanol–water partition coefficient (Wildman–Crippen LogP) is 8.90. The van der Waals surface area contributed by atoms with Crippen LogP contribution in [0, 0.1) is 23.7 Å². The van der Waals surface area contributed by atoms with Crippen LogP contribution in [-0.4, -0.2) is 49.9 Å². The van der Waals surface area contributed by atoms with Crippen molar-refractivity contribution in [1.29, 1.82) is 0 Å². The van der Waals surface area contributed by atoms with Gasteiger partial charge in [0.1, 0.15) is 11.5 Å². The Hall–Kier alpha value is -6.59. The highest BCUT2D eigenvalue weighted by atomic mass is 35.5. The minimum Gasteiger partial charge on any atom is -0.508 e. The fourth-order valence-corrected chi connectivity index (χ4v) is 10.0. The molecule has 6 unspecified atom stereocenters. The lowest BCUT2D eigenvalue weighted by molar-refractivity contribution is -0.127. The number of carbonyl (C=O) groups is 4. The van der Waals surface area contributed by atoms with E-state index in [-0.39, 0.29) is 30.4 Å². The van der Waals surface area contributed by atoms with Gasteiger partial charge < -0.3 is 14.7 Å². The van der Waals surface area contributed by atoms with Crippen molar-refractivity contribution in [3.05, 3.63) is 149 Å². The summed E-state index contributed by atoms with van der Waals surface area (Å²) in [7, 11) is 5.42. The van der Waals surface area contributed by atoms with Gasteiger partial charge in [0.2, 0.25) is 23.6 Å². The Morgan fingerprint density at radius 3 is 2.08 bits per heavy atom. The zero-order chi connectivity index (χ0) is 41.2. The van der Waals surface area contributed by atoms with Crippen molar-refractivity contribution in [1.82, 2.24) is 0 Å². The number of benzene rings is 5. The number of phenols is 1. The van der Waals surface area contributed by atoms with Crippen molar-refractivity contribution in [3.8, 4) is 11.5 Å². The summed E-state index contributed by atoms with van der Waals surface area (Å²) in [4.78, 5) is 64.0. The van der Waals surface area contributed by atoms with Crippen LogP contribution >= 0.6 is 11.6 Å². The maximum Gasteiger partial charge on any atom is 0.246 e. The Morgan fingerprint density at radius 2 is 1.44 bits per heavy atom. The van der Waals surface area contributed by atoms with Crippen molar-refractivity contribution in [3.63, 3.8) is 0 Å². The van der Waals surface area contributed by atoms with E-state index >= 15 is 4.79 Å². The number of nitrogens with zero attached hydrogens (tertiary/aromatic N) is 5. The molecule has 59 heavy (non-hydrogen) atoms. The van der Waals surface area contributed by atoms with Crippen LogP contribution in [0.15, 0.2) is 143 Å². The standard InChI is InChI=1S/C47H40ClN5O6/c1-51(2)31-16-12-29(13-17-31)49-50-30-14-18-32(19-15-30)52-43(55)37-23-22-35-38(41(37)45(52)57)26-39-44(56)53(33-11-7-10-28(48)24-33)46(58)47(39,27-8-5-4-6-9-27)42(35)36-21-20-34(59-3)25-40(36)54/h4-22,24-25,37-39,41-42,54H,23,26H2,1-3H3. The highest BCUT2D eigenvalue weighted by Gasteiger charge is 2.70. The minimum atomic E-state index is -1.52. The Morgan fingerprint density at radius 1 is 0.746 bits per heavy atom. The molecule has 3 fully saturated rings. The van der Waals surface area contributed by atoms with Gasteiger partial charge in [-0.3, -0.25) is 24.1 Å². The third-order valence-electron chi connectivity index (χ3n) is 12.5. The summed E-state index contributed by atoms with van der Waals surface area (Å²) in [5, 5.41) is 20.8. The van der Waals surface area contributed by atoms with Crippen molar-refractivity contribution in [2.75, 3.05) is 35.9 Å². The van der Waals surface area contributed by atoms with Gasteiger partial charge in [0.25, 0.3) is 0 Å². The molecule has 0 spiro atoms. The highest BCUT2D eigenvalue weighted by molar-refractivity contribution is 6.32. The number of aromatic hydroxyl groups is 1. The first kappa shape index (κ1) is 38.0. The molecule has 9 rings (SSSR count). The van der Waals surface area contributed by atoms with Crippen LogP contribution in [0.3, 0.4) is 0 Å². The normalized spacial score (nSPS) is 24.9. The molecule has 6 atom stereocenters. The van der Waals surface area contributed by atoms with E-state index in [0.717, 1.165) is 11.3 Å². The number of anilines is 3. The number of fused-ring (bicyclic) bond motifs is 4. The lowest BCUT2D eigenvalue weighted by Gasteiger charge is -2.50. The first-order chi connectivity index (χ1) is 28.5. The molecule has 1 N–H and O–H groups in total. The van der Waals surface area contributed by atoms with Gasteiger partial charge in [0.05, 0.1) is 53.0 Å². The number of amides is 4. The number of methoxy groups -OCH3 is 1. The van der Waals surface area contributed by atoms with Crippen LogP contribution in [0.25, 0.3) is 0 Å². The van der Waals surface area contributed by atoms with E-state index in [1.165, 1.54) is 23.0 Å². The summed E-state index contributed by atoms with van der Waals surface area (Å²) in [6, 6.07) is 35.2. The van der Waals surface area contributed by atoms with Crippen LogP contribution in [0.1, 0.15) is 29.9 Å². The van der Waals surface area contributed by atoms with Gasteiger partial charge in [-0.25, -0.2) is 4.90 Å². The van der Waals surface area contributed by atoms with E-state index < -0.39 is 46.8 Å². The Balaban J connectivity index is 1.12. The average molecular weight is 806 g/mol. The fraction of sp³-hybridized carbons (Fsp3) is 0.234. The second-order valence-electron chi connectivity index (χ2n) is 15.7. The van der Waals surface area contributed by atoms with E-state index in [1.807, 2.05) is 79.7 Å². The smallest absolute Gasteiger partial charge is 0.246 e. The van der Waals surface area contributed by atoms with Crippen LogP contribution in [0.2, 0.25) is 5.02 Å². The second-order valence-corrected chi connectivity index (χ2v) is 16.1. The van der Waals surface area contributed by atoms with Gasteiger partial charge in [-0.2, -0.15) is 10.2 Å². The number of allylic oxidation sites excluding steroid dienone is 2. The molecule has 5 aromatic rings. The quantitative estimate of drug-likeness (QED) is 0.0941. The van der Waals surface area contributed by atoms with Crippen LogP contribution < -0.4 is 19.4 Å². The molecule has 0 radical (unpaired) electrons. The van der Waals surface area contributed by atoms with E-state index in [2.05, 4.69) is 10.2 Å². The summed E-state index contributed by atoms with van der Waals surface area (Å²) in [5.74, 6) is -5.27. The lowest BCUT2D eigenvalue weighted by Crippen LogP contribution is -2.53. The molecule has 0 aromatic heterocycles. The molecule has 2 aliphatic heterocycles. The second kappa shape index (κ2) is 14.7. The number of halogens is 1. The monoisotopic (exact) mass is 805 g/mol. The topological polar surface area (TPSA) is 132 Å². The minimum absolute atomic E-state index is 0.119. The summed E-state index contributed by atoms with van der Waals surface area (Å²) < 4.78 is 5.44. The molecule has 2 aliphatic carbocycles. The summed E-state index contributed by atoms with van der Waals surface area (Å²) in [6.07, 6.45) is 2.32. The van der Waals surface area contributed by atoms with Gasteiger partial charge in [0.15, 0.2) is 0 Å². The number of hydrogen-bond acceptors (Lipinski definition) is 9. The van der Waals surface area contributed by atoms with Gasteiger partial charge in [-0.05, 0) is 97.1 Å². The fourth-order valence-electron chi connectivity index (χ4n) is 9.84. The van der Waals surface area contributed by atoms with Crippen molar-refractivity contribution < 1.29 is 29.0 Å². The van der Waals surface area contributed by atoms with E-state index in [1.54, 1.807) is 60.7 Å². The van der Waals surface area contributed by atoms with E-state index in [9.17, 15) is 19.5 Å². The number of phenolic OH excluding ortho intramolecular Hbond substituents is 1. The van der Waals surface area contributed by atoms with Crippen LogP contribution in [0.5, 0.6) is 11.5 Å². The Labute approximate surface area is 346 Å². The number of hydrogen-bond donors (Lipinski definition) is 1. The molecule has 12 heteroatoms. The van der Waals surface area contributed by atoms with Gasteiger partial charge in [0, 0.05) is 42.4 Å². The number of carbonyl (C=O) groups excluding carboxylic acids is 4. The maximum atomic E-state index is 15.4. The summed E-state index contributed by atoms with van der Waals surface area (Å²) in [6.45, 7) is 0. The van der Waals surface area contributed by atoms with Crippen LogP contribution in [-0.2, 0) is 24.6 Å². The van der Waals surface area contributed by atoms with Crippen molar-refractivity contribution in [2.24, 2.45) is 33.9 Å². The molecule has 296 valence electrons. The molecule has 0 bridgehead atoms. The number of imide groups is 2. The number of ether oxygens (including phenoxy) is 1. The van der Waals surface area contributed by atoms with Gasteiger partial charge >= 0.3 is 0 Å². The van der Waals surface area contributed by atoms with E-state index in [0.29, 0.717) is 44.6 Å².